The minimum Gasteiger partial charge on any atom is -0.357 e. The second-order valence-electron chi connectivity index (χ2n) is 6.78. The highest BCUT2D eigenvalue weighted by Crippen LogP contribution is 2.22. The van der Waals surface area contributed by atoms with E-state index in [9.17, 15) is 4.79 Å². The minimum atomic E-state index is -0.0448. The average molecular weight is 394 g/mol. The van der Waals surface area contributed by atoms with Crippen LogP contribution in [0.1, 0.15) is 38.7 Å². The summed E-state index contributed by atoms with van der Waals surface area (Å²) in [4.78, 5) is 19.4. The van der Waals surface area contributed by atoms with Crippen molar-refractivity contribution in [1.29, 1.82) is 0 Å². The fraction of sp³-hybridized carbons (Fsp3) is 0.600. The number of carbonyl (C=O) groups is 1. The maximum Gasteiger partial charge on any atom is 0.226 e. The van der Waals surface area contributed by atoms with E-state index in [-0.39, 0.29) is 5.91 Å². The number of likely N-dealkylation sites (tertiary alicyclic amines) is 1. The molecule has 1 amide bonds. The van der Waals surface area contributed by atoms with Crippen LogP contribution < -0.4 is 16.0 Å². The number of carbonyl (C=O) groups excluding carboxylic acids is 1. The van der Waals surface area contributed by atoms with Crippen molar-refractivity contribution >= 4 is 29.2 Å². The van der Waals surface area contributed by atoms with E-state index >= 15 is 0 Å². The van der Waals surface area contributed by atoms with E-state index in [2.05, 4.69) is 27.8 Å². The van der Waals surface area contributed by atoms with E-state index in [4.69, 9.17) is 16.6 Å². The first kappa shape index (κ1) is 21.5. The number of benzene rings is 1. The summed E-state index contributed by atoms with van der Waals surface area (Å²) in [5.41, 5.74) is 1.64. The summed E-state index contributed by atoms with van der Waals surface area (Å²) in [7, 11) is 0. The zero-order valence-corrected chi connectivity index (χ0v) is 17.4. The van der Waals surface area contributed by atoms with Crippen LogP contribution in [0.2, 0.25) is 5.02 Å². The molecule has 27 heavy (non-hydrogen) atoms. The molecule has 1 atom stereocenters. The van der Waals surface area contributed by atoms with Gasteiger partial charge in [-0.2, -0.15) is 0 Å². The molecule has 6 nitrogen and oxygen atoms in total. The molecule has 0 saturated carbocycles. The van der Waals surface area contributed by atoms with Crippen molar-refractivity contribution in [1.82, 2.24) is 15.5 Å². The van der Waals surface area contributed by atoms with Gasteiger partial charge in [-0.05, 0) is 57.5 Å². The van der Waals surface area contributed by atoms with Gasteiger partial charge >= 0.3 is 0 Å². The minimum absolute atomic E-state index is 0.0448. The molecule has 3 N–H and O–H groups in total. The van der Waals surface area contributed by atoms with Crippen molar-refractivity contribution in [3.8, 4) is 0 Å². The summed E-state index contributed by atoms with van der Waals surface area (Å²) < 4.78 is 0. The van der Waals surface area contributed by atoms with E-state index < -0.39 is 0 Å². The number of rotatable bonds is 8. The first-order valence-corrected chi connectivity index (χ1v) is 10.2. The molecule has 1 saturated heterocycles. The lowest BCUT2D eigenvalue weighted by Gasteiger charge is -2.21. The molecule has 1 aromatic carbocycles. The normalized spacial score (nSPS) is 17.8. The molecule has 150 valence electrons. The molecule has 2 rings (SSSR count). The van der Waals surface area contributed by atoms with Crippen LogP contribution in [-0.2, 0) is 4.79 Å². The number of hydrogen-bond donors (Lipinski definition) is 3. The molecule has 0 bridgehead atoms. The molecule has 1 heterocycles. The Morgan fingerprint density at radius 1 is 1.33 bits per heavy atom. The van der Waals surface area contributed by atoms with Gasteiger partial charge in [0.15, 0.2) is 5.96 Å². The van der Waals surface area contributed by atoms with Gasteiger partial charge in [-0.1, -0.05) is 24.6 Å². The molecule has 0 aromatic heterocycles. The predicted octanol–water partition coefficient (Wildman–Crippen LogP) is 3.02. The Kier molecular flexibility index (Phi) is 8.88. The van der Waals surface area contributed by atoms with Crippen LogP contribution in [0.3, 0.4) is 0 Å². The number of nitrogens with zero attached hydrogens (tertiary/aromatic N) is 2. The average Bonchev–Trinajstić information content (AvgIpc) is 3.11. The quantitative estimate of drug-likeness (QED) is 0.469. The fourth-order valence-corrected chi connectivity index (χ4v) is 3.48. The molecule has 0 spiro atoms. The van der Waals surface area contributed by atoms with Crippen molar-refractivity contribution in [2.24, 2.45) is 4.99 Å². The summed E-state index contributed by atoms with van der Waals surface area (Å²) in [6.07, 6.45) is 2.82. The van der Waals surface area contributed by atoms with Gasteiger partial charge < -0.3 is 16.0 Å². The van der Waals surface area contributed by atoms with E-state index in [1.807, 2.05) is 32.0 Å². The highest BCUT2D eigenvalue weighted by molar-refractivity contribution is 6.31. The standard InChI is InChI=1S/C20H32ClN5O/c1-4-22-20(24-14-16-8-7-13-26(16)5-2)23-12-11-19(27)25-18-10-6-9-17(21)15(18)3/h6,9-10,16H,4-5,7-8,11-14H2,1-3H3,(H,25,27)(H2,22,23,24). The highest BCUT2D eigenvalue weighted by atomic mass is 35.5. The van der Waals surface area contributed by atoms with Crippen molar-refractivity contribution in [3.05, 3.63) is 28.8 Å². The van der Waals surface area contributed by atoms with Crippen molar-refractivity contribution in [2.75, 3.05) is 38.0 Å². The van der Waals surface area contributed by atoms with Gasteiger partial charge in [0.05, 0.1) is 6.54 Å². The Morgan fingerprint density at radius 3 is 2.89 bits per heavy atom. The van der Waals surface area contributed by atoms with Crippen molar-refractivity contribution < 1.29 is 4.79 Å². The van der Waals surface area contributed by atoms with Gasteiger partial charge in [-0.25, -0.2) is 0 Å². The Morgan fingerprint density at radius 2 is 2.15 bits per heavy atom. The molecule has 1 aromatic rings. The predicted molar refractivity (Wildman–Crippen MR) is 114 cm³/mol. The van der Waals surface area contributed by atoms with Gasteiger partial charge in [0.1, 0.15) is 0 Å². The van der Waals surface area contributed by atoms with Crippen LogP contribution >= 0.6 is 11.6 Å². The molecule has 1 aliphatic heterocycles. The third kappa shape index (κ3) is 6.70. The van der Waals surface area contributed by atoms with E-state index in [0.717, 1.165) is 36.8 Å². The number of anilines is 1. The lowest BCUT2D eigenvalue weighted by Crippen LogP contribution is -2.40. The van der Waals surface area contributed by atoms with Gasteiger partial charge in [0.25, 0.3) is 0 Å². The SMILES string of the molecule is CCNC(=NCC1CCCN1CC)NCCC(=O)Nc1cccc(Cl)c1C. The van der Waals surface area contributed by atoms with E-state index in [1.165, 1.54) is 19.4 Å². The third-order valence-electron chi connectivity index (χ3n) is 4.90. The molecule has 7 heteroatoms. The molecule has 1 unspecified atom stereocenters. The third-order valence-corrected chi connectivity index (χ3v) is 5.31. The summed E-state index contributed by atoms with van der Waals surface area (Å²) in [6, 6.07) is 6.04. The summed E-state index contributed by atoms with van der Waals surface area (Å²) >= 11 is 6.10. The number of amides is 1. The number of likely N-dealkylation sites (N-methyl/N-ethyl adjacent to an activating group) is 1. The molecular weight excluding hydrogens is 362 g/mol. The van der Waals surface area contributed by atoms with Crippen LogP contribution in [0.15, 0.2) is 23.2 Å². The van der Waals surface area contributed by atoms with E-state index in [0.29, 0.717) is 24.0 Å². The summed E-state index contributed by atoms with van der Waals surface area (Å²) in [6.45, 7) is 10.5. The topological polar surface area (TPSA) is 68.8 Å². The first-order valence-electron chi connectivity index (χ1n) is 9.86. The molecular formula is C20H32ClN5O. The van der Waals surface area contributed by atoms with Crippen LogP contribution in [0.5, 0.6) is 0 Å². The zero-order chi connectivity index (χ0) is 19.6. The number of hydrogen-bond acceptors (Lipinski definition) is 3. The lowest BCUT2D eigenvalue weighted by molar-refractivity contribution is -0.116. The monoisotopic (exact) mass is 393 g/mol. The Labute approximate surface area is 167 Å². The van der Waals surface area contributed by atoms with Crippen LogP contribution in [0, 0.1) is 6.92 Å². The fourth-order valence-electron chi connectivity index (χ4n) is 3.31. The largest absolute Gasteiger partial charge is 0.357 e. The Bertz CT molecular complexity index is 649. The van der Waals surface area contributed by atoms with Crippen molar-refractivity contribution in [3.63, 3.8) is 0 Å². The smallest absolute Gasteiger partial charge is 0.226 e. The first-order chi connectivity index (χ1) is 13.0. The Balaban J connectivity index is 1.80. The van der Waals surface area contributed by atoms with Crippen LogP contribution in [-0.4, -0.2) is 55.5 Å². The van der Waals surface area contributed by atoms with Crippen LogP contribution in [0.4, 0.5) is 5.69 Å². The van der Waals surface area contributed by atoms with Gasteiger partial charge in [-0.15, -0.1) is 0 Å². The number of nitrogens with one attached hydrogen (secondary N) is 3. The molecule has 1 fully saturated rings. The zero-order valence-electron chi connectivity index (χ0n) is 16.6. The molecule has 0 radical (unpaired) electrons. The van der Waals surface area contributed by atoms with Crippen LogP contribution in [0.25, 0.3) is 0 Å². The van der Waals surface area contributed by atoms with E-state index in [1.54, 1.807) is 0 Å². The number of guanidine groups is 1. The van der Waals surface area contributed by atoms with Gasteiger partial charge in [0.2, 0.25) is 5.91 Å². The highest BCUT2D eigenvalue weighted by Gasteiger charge is 2.22. The Hall–Kier alpha value is -1.79. The van der Waals surface area contributed by atoms with Crippen molar-refractivity contribution in [2.45, 2.75) is 46.1 Å². The molecule has 0 aliphatic carbocycles. The summed E-state index contributed by atoms with van der Waals surface area (Å²) in [5, 5.41) is 10.1. The number of halogens is 1. The second-order valence-corrected chi connectivity index (χ2v) is 7.19. The number of aliphatic imine (C=N–C) groups is 1. The maximum atomic E-state index is 12.2. The summed E-state index contributed by atoms with van der Waals surface area (Å²) in [5.74, 6) is 0.726. The lowest BCUT2D eigenvalue weighted by atomic mass is 10.2. The maximum absolute atomic E-state index is 12.2. The van der Waals surface area contributed by atoms with Gasteiger partial charge in [0, 0.05) is 36.3 Å². The van der Waals surface area contributed by atoms with Gasteiger partial charge in [-0.3, -0.25) is 14.7 Å². The molecule has 1 aliphatic rings. The second kappa shape index (κ2) is 11.1.